The molecule has 7 aliphatic heterocycles. The number of rotatable bonds is 3. The summed E-state index contributed by atoms with van der Waals surface area (Å²) < 4.78 is 51.8. The number of ether oxygens (including phenoxy) is 6. The Hall–Kier alpha value is -5.08. The third-order valence-corrected chi connectivity index (χ3v) is 14.4. The number of hydrogen-bond donors (Lipinski definition) is 3. The number of nitrogens with one attached hydrogen (secondary N) is 1. The van der Waals surface area contributed by atoms with Gasteiger partial charge in [-0.15, -0.1) is 0 Å². The number of esters is 2. The van der Waals surface area contributed by atoms with Crippen molar-refractivity contribution in [2.45, 2.75) is 74.6 Å². The summed E-state index contributed by atoms with van der Waals surface area (Å²) in [6.07, 6.45) is 0.882. The summed E-state index contributed by atoms with van der Waals surface area (Å²) in [5.41, 5.74) is 2.99. The number of aryl methyl sites for hydroxylation is 1. The number of benzene rings is 3. The summed E-state index contributed by atoms with van der Waals surface area (Å²) in [6.45, 7) is 4.79. The summed E-state index contributed by atoms with van der Waals surface area (Å²) in [5, 5.41) is 36.2. The van der Waals surface area contributed by atoms with Crippen LogP contribution in [0.3, 0.4) is 0 Å². The fourth-order valence-corrected chi connectivity index (χ4v) is 12.5. The molecule has 2 fully saturated rings. The SMILES string of the molecule is COc1cc2c(cc1O)CCN[C@]21CS(=O)[C@@H]2c3c(OC(C)=O)c(C)c4c(c3[C@@H](COC1=O)N1C2[C@@H]2c3c(cc(C)c(OC)c3O)C[C@H]([C@@H]1C#N)N2C)OCO4. The van der Waals surface area contributed by atoms with Crippen LogP contribution in [0.1, 0.15) is 68.8 Å². The number of aromatic hydroxyl groups is 2. The number of likely N-dealkylation sites (N-methyl/N-ethyl adjacent to an activating group) is 1. The first-order valence-corrected chi connectivity index (χ1v) is 19.9. The largest absolute Gasteiger partial charge is 0.504 e. The number of phenols is 2. The Balaban J connectivity index is 1.36. The molecule has 2 unspecified atom stereocenters. The third-order valence-electron chi connectivity index (χ3n) is 12.6. The molecule has 15 nitrogen and oxygen atoms in total. The molecule has 0 saturated carbocycles. The fourth-order valence-electron chi connectivity index (χ4n) is 10.4. The number of carbonyl (C=O) groups excluding carboxylic acids is 2. The van der Waals surface area contributed by atoms with Crippen molar-refractivity contribution >= 4 is 22.7 Å². The van der Waals surface area contributed by atoms with Gasteiger partial charge in [0, 0.05) is 52.6 Å². The van der Waals surface area contributed by atoms with E-state index < -0.39 is 57.7 Å². The van der Waals surface area contributed by atoms with Gasteiger partial charge in [-0.05, 0) is 68.1 Å². The van der Waals surface area contributed by atoms with Gasteiger partial charge in [0.25, 0.3) is 0 Å². The molecule has 7 aliphatic rings. The molecule has 8 atom stereocenters. The first-order chi connectivity index (χ1) is 26.9. The zero-order chi connectivity index (χ0) is 39.5. The number of phenolic OH excluding ortho intramolecular Hbond substituents is 2. The molecule has 3 N–H and O–H groups in total. The Bertz CT molecular complexity index is 2310. The van der Waals surface area contributed by atoms with Crippen LogP contribution in [-0.4, -0.2) is 101 Å². The van der Waals surface area contributed by atoms with Gasteiger partial charge in [-0.25, -0.2) is 4.79 Å². The first-order valence-electron chi connectivity index (χ1n) is 18.5. The summed E-state index contributed by atoms with van der Waals surface area (Å²) in [6, 6.07) is 4.10. The van der Waals surface area contributed by atoms with Gasteiger partial charge in [0.15, 0.2) is 40.0 Å². The first kappa shape index (κ1) is 36.6. The van der Waals surface area contributed by atoms with Crippen LogP contribution < -0.4 is 29.0 Å². The number of nitriles is 1. The van der Waals surface area contributed by atoms with Gasteiger partial charge >= 0.3 is 11.9 Å². The summed E-state index contributed by atoms with van der Waals surface area (Å²) in [7, 11) is 2.75. The average molecular weight is 787 g/mol. The Morgan fingerprint density at radius 1 is 1.05 bits per heavy atom. The molecule has 7 heterocycles. The lowest BCUT2D eigenvalue weighted by atomic mass is 9.71. The number of nitrogens with zero attached hydrogens (tertiary/aromatic N) is 3. The molecule has 4 bridgehead atoms. The van der Waals surface area contributed by atoms with Gasteiger partial charge in [-0.2, -0.15) is 5.26 Å². The molecule has 294 valence electrons. The molecule has 0 amide bonds. The Morgan fingerprint density at radius 3 is 2.54 bits per heavy atom. The van der Waals surface area contributed by atoms with E-state index in [0.29, 0.717) is 70.0 Å². The van der Waals surface area contributed by atoms with E-state index in [4.69, 9.17) is 28.4 Å². The predicted octanol–water partition coefficient (Wildman–Crippen LogP) is 3.00. The van der Waals surface area contributed by atoms with E-state index in [9.17, 15) is 25.1 Å². The van der Waals surface area contributed by atoms with Gasteiger partial charge < -0.3 is 38.6 Å². The van der Waals surface area contributed by atoms with Crippen molar-refractivity contribution in [3.8, 4) is 46.3 Å². The molecule has 16 heteroatoms. The van der Waals surface area contributed by atoms with Crippen LogP contribution in [0.2, 0.25) is 0 Å². The number of piperazine rings is 1. The minimum atomic E-state index is -2.06. The molecule has 0 radical (unpaired) electrons. The molecule has 3 aromatic rings. The van der Waals surface area contributed by atoms with Gasteiger partial charge in [-0.1, -0.05) is 6.07 Å². The van der Waals surface area contributed by atoms with Crippen molar-refractivity contribution in [2.75, 3.05) is 47.0 Å². The van der Waals surface area contributed by atoms with Crippen molar-refractivity contribution in [2.24, 2.45) is 0 Å². The van der Waals surface area contributed by atoms with Gasteiger partial charge in [0.1, 0.15) is 18.4 Å². The number of methoxy groups -OCH3 is 2. The van der Waals surface area contributed by atoms with Crippen molar-refractivity contribution in [3.63, 3.8) is 0 Å². The predicted molar refractivity (Wildman–Crippen MR) is 199 cm³/mol. The molecular weight excluding hydrogens is 745 g/mol. The van der Waals surface area contributed by atoms with E-state index in [-0.39, 0.29) is 48.2 Å². The monoisotopic (exact) mass is 786 g/mol. The fraction of sp³-hybridized carbons (Fsp3) is 0.475. The standard InChI is InChI=1S/C40H42N4O11S/c1-17-9-21-10-23-24(13-41)44-25-14-52-39(48)40(22-12-27(50-5)26(46)11-20(22)7-8-42-40)15-56(49)38(32(44)31(43(23)4)28(21)33(47)34(17)51-6)30-29(25)37-36(53-16-54-37)18(2)35(30)55-19(3)45/h9,11-12,23-25,31-32,38,42,46-47H,7-8,10,14-16H2,1-6H3/t23-,24+,25-,31+,32?,38-,40-,56?/m1/s1. The maximum absolute atomic E-state index is 16.0. The van der Waals surface area contributed by atoms with Crippen LogP contribution in [0.25, 0.3) is 0 Å². The summed E-state index contributed by atoms with van der Waals surface area (Å²) in [4.78, 5) is 31.8. The van der Waals surface area contributed by atoms with Crippen molar-refractivity contribution < 1.29 is 52.4 Å². The highest BCUT2D eigenvalue weighted by Crippen LogP contribution is 2.63. The molecule has 1 spiro atoms. The highest BCUT2D eigenvalue weighted by Gasteiger charge is 2.63. The maximum Gasteiger partial charge on any atom is 0.332 e. The smallest absolute Gasteiger partial charge is 0.332 e. The minimum Gasteiger partial charge on any atom is -0.504 e. The molecule has 0 aromatic heterocycles. The molecule has 3 aromatic carbocycles. The summed E-state index contributed by atoms with van der Waals surface area (Å²) >= 11 is 0. The molecule has 56 heavy (non-hydrogen) atoms. The molecule has 10 rings (SSSR count). The number of carbonyl (C=O) groups is 2. The number of fused-ring (bicyclic) bond motifs is 9. The van der Waals surface area contributed by atoms with Crippen LogP contribution in [-0.2, 0) is 43.5 Å². The third kappa shape index (κ3) is 4.87. The Kier molecular flexibility index (Phi) is 8.48. The summed E-state index contributed by atoms with van der Waals surface area (Å²) in [5.74, 6) is -0.469. The van der Waals surface area contributed by atoms with Crippen LogP contribution in [0.4, 0.5) is 0 Å². The van der Waals surface area contributed by atoms with Gasteiger partial charge in [-0.3, -0.25) is 24.1 Å². The van der Waals surface area contributed by atoms with Crippen molar-refractivity contribution in [1.29, 1.82) is 5.26 Å². The van der Waals surface area contributed by atoms with E-state index in [2.05, 4.69) is 16.3 Å². The normalized spacial score (nSPS) is 29.9. The Labute approximate surface area is 325 Å². The van der Waals surface area contributed by atoms with E-state index in [0.717, 1.165) is 11.1 Å². The lowest BCUT2D eigenvalue weighted by Gasteiger charge is -2.61. The second-order valence-electron chi connectivity index (χ2n) is 15.3. The zero-order valence-corrected chi connectivity index (χ0v) is 32.6. The minimum absolute atomic E-state index is 0.0492. The van der Waals surface area contributed by atoms with E-state index in [1.165, 1.54) is 21.1 Å². The highest BCUT2D eigenvalue weighted by molar-refractivity contribution is 7.85. The van der Waals surface area contributed by atoms with Gasteiger partial charge in [0.05, 0.1) is 49.4 Å². The van der Waals surface area contributed by atoms with E-state index in [1.54, 1.807) is 19.1 Å². The van der Waals surface area contributed by atoms with Crippen LogP contribution in [0, 0.1) is 25.2 Å². The van der Waals surface area contributed by atoms with E-state index in [1.807, 2.05) is 24.9 Å². The lowest BCUT2D eigenvalue weighted by molar-refractivity contribution is -0.157. The van der Waals surface area contributed by atoms with Crippen molar-refractivity contribution in [1.82, 2.24) is 15.1 Å². The quantitative estimate of drug-likeness (QED) is 0.259. The average Bonchev–Trinajstić information content (AvgIpc) is 3.65. The molecular formula is C40H42N4O11S. The molecule has 0 aliphatic carbocycles. The number of hydrogen-bond acceptors (Lipinski definition) is 15. The van der Waals surface area contributed by atoms with Crippen LogP contribution in [0.5, 0.6) is 40.2 Å². The molecule has 2 saturated heterocycles. The van der Waals surface area contributed by atoms with Crippen LogP contribution >= 0.6 is 0 Å². The topological polar surface area (TPSA) is 189 Å². The second kappa shape index (κ2) is 13.0. The lowest BCUT2D eigenvalue weighted by Crippen LogP contribution is -2.70. The second-order valence-corrected chi connectivity index (χ2v) is 16.9. The van der Waals surface area contributed by atoms with Crippen molar-refractivity contribution in [3.05, 3.63) is 62.7 Å². The van der Waals surface area contributed by atoms with Gasteiger partial charge in [0.2, 0.25) is 6.79 Å². The zero-order valence-electron chi connectivity index (χ0n) is 31.8. The van der Waals surface area contributed by atoms with Crippen LogP contribution in [0.15, 0.2) is 18.2 Å². The highest BCUT2D eigenvalue weighted by atomic mass is 32.2. The maximum atomic E-state index is 16.0. The Morgan fingerprint density at radius 2 is 1.82 bits per heavy atom. The van der Waals surface area contributed by atoms with E-state index >= 15 is 4.21 Å².